The lowest BCUT2D eigenvalue weighted by Gasteiger charge is -2.17. The highest BCUT2D eigenvalue weighted by atomic mass is 16.6. The monoisotopic (exact) mass is 216 g/mol. The number of carbonyl (C=O) groups excluding carboxylic acids is 1. The summed E-state index contributed by atoms with van der Waals surface area (Å²) in [6.07, 6.45) is 0.0257. The summed E-state index contributed by atoms with van der Waals surface area (Å²) in [7, 11) is 0. The topological polar surface area (TPSA) is 70.9 Å². The number of aliphatic hydroxyl groups excluding tert-OH is 1. The number of aliphatic imine (C=N–C) groups is 1. The fourth-order valence-corrected chi connectivity index (χ4v) is 0.810. The van der Waals surface area contributed by atoms with E-state index in [0.29, 0.717) is 18.8 Å². The average Bonchev–Trinajstić information content (AvgIpc) is 2.00. The van der Waals surface area contributed by atoms with Gasteiger partial charge >= 0.3 is 6.09 Å². The molecule has 15 heavy (non-hydrogen) atoms. The molecule has 0 atom stereocenters. The Morgan fingerprint density at radius 2 is 2.07 bits per heavy atom. The summed E-state index contributed by atoms with van der Waals surface area (Å²) in [5.74, 6) is 0.498. The van der Waals surface area contributed by atoms with Crippen LogP contribution in [0.15, 0.2) is 4.99 Å². The van der Waals surface area contributed by atoms with E-state index in [0.717, 1.165) is 0 Å². The molecule has 0 rings (SSSR count). The lowest BCUT2D eigenvalue weighted by Crippen LogP contribution is -2.26. The Balaban J connectivity index is 3.96. The van der Waals surface area contributed by atoms with Crippen molar-refractivity contribution in [2.45, 2.75) is 39.7 Å². The summed E-state index contributed by atoms with van der Waals surface area (Å²) in [6, 6.07) is 0. The van der Waals surface area contributed by atoms with Gasteiger partial charge in [-0.15, -0.1) is 0 Å². The van der Waals surface area contributed by atoms with Crippen molar-refractivity contribution in [1.82, 2.24) is 5.32 Å². The first-order valence-corrected chi connectivity index (χ1v) is 4.98. The SMILES string of the molecule is C/C(=N/C(=O)OC(C)(C)C)NCCCO. The predicted molar refractivity (Wildman–Crippen MR) is 59.0 cm³/mol. The highest BCUT2D eigenvalue weighted by Gasteiger charge is 2.15. The Labute approximate surface area is 90.5 Å². The van der Waals surface area contributed by atoms with Crippen LogP contribution in [0.4, 0.5) is 4.79 Å². The number of carbonyl (C=O) groups is 1. The van der Waals surface area contributed by atoms with Gasteiger partial charge in [-0.1, -0.05) is 0 Å². The minimum atomic E-state index is -0.600. The highest BCUT2D eigenvalue weighted by Crippen LogP contribution is 2.07. The zero-order valence-electron chi connectivity index (χ0n) is 9.83. The van der Waals surface area contributed by atoms with Crippen molar-refractivity contribution < 1.29 is 14.6 Å². The second-order valence-electron chi connectivity index (χ2n) is 4.18. The van der Waals surface area contributed by atoms with Crippen molar-refractivity contribution in [3.8, 4) is 0 Å². The van der Waals surface area contributed by atoms with Gasteiger partial charge in [-0.2, -0.15) is 4.99 Å². The molecule has 2 N–H and O–H groups in total. The van der Waals surface area contributed by atoms with Crippen molar-refractivity contribution in [2.75, 3.05) is 13.2 Å². The molecule has 0 fully saturated rings. The second-order valence-corrected chi connectivity index (χ2v) is 4.18. The van der Waals surface area contributed by atoms with Crippen molar-refractivity contribution in [1.29, 1.82) is 0 Å². The van der Waals surface area contributed by atoms with Gasteiger partial charge in [0.2, 0.25) is 0 Å². The van der Waals surface area contributed by atoms with Crippen LogP contribution >= 0.6 is 0 Å². The molecule has 0 spiro atoms. The van der Waals surface area contributed by atoms with Crippen LogP contribution in [0.2, 0.25) is 0 Å². The zero-order valence-corrected chi connectivity index (χ0v) is 9.83. The molecule has 0 aliphatic carbocycles. The van der Waals surface area contributed by atoms with Gasteiger partial charge in [-0.3, -0.25) is 0 Å². The van der Waals surface area contributed by atoms with Crippen molar-refractivity contribution >= 4 is 11.9 Å². The number of hydrogen-bond donors (Lipinski definition) is 2. The molecule has 0 aliphatic rings. The fraction of sp³-hybridized carbons (Fsp3) is 0.800. The molecule has 0 aliphatic heterocycles. The van der Waals surface area contributed by atoms with Gasteiger partial charge in [0.25, 0.3) is 0 Å². The maximum absolute atomic E-state index is 11.2. The smallest absolute Gasteiger partial charge is 0.435 e. The number of nitrogens with one attached hydrogen (secondary N) is 1. The van der Waals surface area contributed by atoms with Crippen LogP contribution in [0.1, 0.15) is 34.1 Å². The maximum atomic E-state index is 11.2. The molecule has 5 heteroatoms. The van der Waals surface area contributed by atoms with E-state index in [1.54, 1.807) is 27.7 Å². The van der Waals surface area contributed by atoms with Gasteiger partial charge in [0.05, 0.1) is 0 Å². The first-order chi connectivity index (χ1) is 6.85. The minimum Gasteiger partial charge on any atom is -0.442 e. The summed E-state index contributed by atoms with van der Waals surface area (Å²) >= 11 is 0. The number of amides is 1. The zero-order chi connectivity index (χ0) is 11.9. The molecule has 0 aromatic carbocycles. The Morgan fingerprint density at radius 3 is 2.53 bits per heavy atom. The van der Waals surface area contributed by atoms with E-state index in [1.165, 1.54) is 0 Å². The number of aliphatic hydroxyl groups is 1. The number of amidine groups is 1. The summed E-state index contributed by atoms with van der Waals surface area (Å²) in [5.41, 5.74) is -0.522. The lowest BCUT2D eigenvalue weighted by atomic mass is 10.2. The Morgan fingerprint density at radius 1 is 1.47 bits per heavy atom. The van der Waals surface area contributed by atoms with Crippen LogP contribution < -0.4 is 5.32 Å². The van der Waals surface area contributed by atoms with E-state index in [-0.39, 0.29) is 6.61 Å². The van der Waals surface area contributed by atoms with E-state index in [4.69, 9.17) is 9.84 Å². The molecule has 0 saturated heterocycles. The standard InChI is InChI=1S/C10H20N2O3/c1-8(11-6-5-7-13)12-9(14)15-10(2,3)4/h13H,5-7H2,1-4H3,(H,11,12,14). The fourth-order valence-electron chi connectivity index (χ4n) is 0.810. The third kappa shape index (κ3) is 9.21. The molecule has 0 aromatic heterocycles. The van der Waals surface area contributed by atoms with Crippen molar-refractivity contribution in [3.05, 3.63) is 0 Å². The van der Waals surface area contributed by atoms with Crippen LogP contribution in [0.5, 0.6) is 0 Å². The van der Waals surface area contributed by atoms with Gasteiger partial charge in [0, 0.05) is 13.2 Å². The van der Waals surface area contributed by atoms with Gasteiger partial charge in [0.15, 0.2) is 0 Å². The van der Waals surface area contributed by atoms with Gasteiger partial charge in [-0.25, -0.2) is 4.79 Å². The van der Waals surface area contributed by atoms with Crippen molar-refractivity contribution in [2.24, 2.45) is 4.99 Å². The molecule has 0 saturated carbocycles. The Hall–Kier alpha value is -1.10. The molecule has 0 radical (unpaired) electrons. The quantitative estimate of drug-likeness (QED) is 0.424. The van der Waals surface area contributed by atoms with Gasteiger partial charge < -0.3 is 15.2 Å². The molecule has 0 unspecified atom stereocenters. The van der Waals surface area contributed by atoms with E-state index in [9.17, 15) is 4.79 Å². The molecule has 5 nitrogen and oxygen atoms in total. The van der Waals surface area contributed by atoms with Crippen LogP contribution in [0.3, 0.4) is 0 Å². The largest absolute Gasteiger partial charge is 0.442 e. The lowest BCUT2D eigenvalue weighted by molar-refractivity contribution is 0.0603. The molecular formula is C10H20N2O3. The van der Waals surface area contributed by atoms with E-state index < -0.39 is 11.7 Å². The maximum Gasteiger partial charge on any atom is 0.435 e. The second kappa shape index (κ2) is 6.40. The van der Waals surface area contributed by atoms with Crippen molar-refractivity contribution in [3.63, 3.8) is 0 Å². The molecule has 0 bridgehead atoms. The van der Waals surface area contributed by atoms with Crippen LogP contribution in [-0.4, -0.2) is 35.8 Å². The number of hydrogen-bond acceptors (Lipinski definition) is 3. The summed E-state index contributed by atoms with van der Waals surface area (Å²) in [5, 5.41) is 11.4. The highest BCUT2D eigenvalue weighted by molar-refractivity contribution is 5.90. The van der Waals surface area contributed by atoms with E-state index >= 15 is 0 Å². The number of ether oxygens (including phenoxy) is 1. The molecule has 88 valence electrons. The molecule has 1 amide bonds. The average molecular weight is 216 g/mol. The van der Waals surface area contributed by atoms with Crippen LogP contribution in [-0.2, 0) is 4.74 Å². The molecular weight excluding hydrogens is 196 g/mol. The number of rotatable bonds is 3. The first kappa shape index (κ1) is 13.9. The Kier molecular flexibility index (Phi) is 5.93. The van der Waals surface area contributed by atoms with E-state index in [2.05, 4.69) is 10.3 Å². The van der Waals surface area contributed by atoms with E-state index in [1.807, 2.05) is 0 Å². The molecule has 0 heterocycles. The van der Waals surface area contributed by atoms with Crippen LogP contribution in [0, 0.1) is 0 Å². The first-order valence-electron chi connectivity index (χ1n) is 4.98. The van der Waals surface area contributed by atoms with Crippen LogP contribution in [0.25, 0.3) is 0 Å². The summed E-state index contributed by atoms with van der Waals surface area (Å²) in [6.45, 7) is 7.75. The van der Waals surface area contributed by atoms with Gasteiger partial charge in [0.1, 0.15) is 11.4 Å². The molecule has 0 aromatic rings. The normalized spacial score (nSPS) is 12.5. The third-order valence-electron chi connectivity index (χ3n) is 1.37. The summed E-state index contributed by atoms with van der Waals surface area (Å²) in [4.78, 5) is 14.9. The third-order valence-corrected chi connectivity index (χ3v) is 1.37. The number of nitrogens with zero attached hydrogens (tertiary/aromatic N) is 1. The van der Waals surface area contributed by atoms with Gasteiger partial charge in [-0.05, 0) is 34.1 Å². The predicted octanol–water partition coefficient (Wildman–Crippen LogP) is 1.31. The Bertz CT molecular complexity index is 231. The summed E-state index contributed by atoms with van der Waals surface area (Å²) < 4.78 is 5.00. The minimum absolute atomic E-state index is 0.118.